The number of amides is 1. The topological polar surface area (TPSA) is 86.6 Å². The predicted octanol–water partition coefficient (Wildman–Crippen LogP) is 1.22. The Morgan fingerprint density at radius 2 is 1.67 bits per heavy atom. The predicted molar refractivity (Wildman–Crippen MR) is 67.0 cm³/mol. The molecule has 1 aliphatic rings. The Kier molecular flexibility index (Phi) is 5.34. The minimum absolute atomic E-state index is 0.0376. The van der Waals surface area contributed by atoms with Gasteiger partial charge in [-0.2, -0.15) is 0 Å². The van der Waals surface area contributed by atoms with E-state index in [2.05, 4.69) is 5.32 Å². The van der Waals surface area contributed by atoms with Gasteiger partial charge >= 0.3 is 5.97 Å². The summed E-state index contributed by atoms with van der Waals surface area (Å²) in [5.74, 6) is -1.50. The molecule has 1 amide bonds. The molecular formula is C13H21NO4. The first-order chi connectivity index (χ1) is 8.43. The lowest BCUT2D eigenvalue weighted by Crippen LogP contribution is -2.43. The maximum absolute atomic E-state index is 11.9. The number of carboxylic acid groups (broad SMARTS) is 1. The van der Waals surface area contributed by atoms with Crippen LogP contribution in [0.5, 0.6) is 0 Å². The third-order valence-corrected chi connectivity index (χ3v) is 3.52. The normalized spacial score (nSPS) is 25.9. The highest BCUT2D eigenvalue weighted by Gasteiger charge is 2.24. The van der Waals surface area contributed by atoms with E-state index in [-0.39, 0.29) is 17.2 Å². The van der Waals surface area contributed by atoms with Crippen LogP contribution in [-0.2, 0) is 9.59 Å². The Morgan fingerprint density at radius 1 is 1.06 bits per heavy atom. The van der Waals surface area contributed by atoms with Crippen molar-refractivity contribution < 1.29 is 19.8 Å². The van der Waals surface area contributed by atoms with Crippen molar-refractivity contribution in [2.75, 3.05) is 0 Å². The molecule has 0 aromatic rings. The molecule has 102 valence electrons. The molecular weight excluding hydrogens is 234 g/mol. The summed E-state index contributed by atoms with van der Waals surface area (Å²) in [6, 6.07) is -0.267. The number of carbonyl (C=O) groups excluding carboxylic acids is 1. The van der Waals surface area contributed by atoms with Crippen LogP contribution in [0.15, 0.2) is 11.1 Å². The van der Waals surface area contributed by atoms with Gasteiger partial charge in [0.15, 0.2) is 0 Å². The Hall–Kier alpha value is -1.36. The number of carboxylic acids is 1. The van der Waals surface area contributed by atoms with E-state index in [1.165, 1.54) is 13.8 Å². The van der Waals surface area contributed by atoms with E-state index in [0.717, 1.165) is 25.7 Å². The summed E-state index contributed by atoms with van der Waals surface area (Å²) in [4.78, 5) is 22.6. The van der Waals surface area contributed by atoms with E-state index < -0.39 is 18.0 Å². The minimum atomic E-state index is -1.09. The molecule has 1 fully saturated rings. The van der Waals surface area contributed by atoms with Crippen molar-refractivity contribution in [3.63, 3.8) is 0 Å². The maximum atomic E-state index is 11.9. The van der Waals surface area contributed by atoms with E-state index in [1.54, 1.807) is 0 Å². The van der Waals surface area contributed by atoms with Gasteiger partial charge < -0.3 is 15.5 Å². The number of nitrogens with one attached hydrogen (secondary N) is 1. The van der Waals surface area contributed by atoms with Crippen LogP contribution in [0, 0.1) is 0 Å². The Balaban J connectivity index is 2.68. The second-order valence-electron chi connectivity index (χ2n) is 4.84. The van der Waals surface area contributed by atoms with Gasteiger partial charge in [-0.25, -0.2) is 4.79 Å². The SMILES string of the molecule is CC(C(=O)O)=C(C)C(=O)NC1CCCCCC1O. The summed E-state index contributed by atoms with van der Waals surface area (Å²) in [6.07, 6.45) is 3.90. The summed E-state index contributed by atoms with van der Waals surface area (Å²) >= 11 is 0. The van der Waals surface area contributed by atoms with Gasteiger partial charge in [0.05, 0.1) is 12.1 Å². The lowest BCUT2D eigenvalue weighted by molar-refractivity contribution is -0.133. The van der Waals surface area contributed by atoms with Crippen molar-refractivity contribution in [3.8, 4) is 0 Å². The van der Waals surface area contributed by atoms with E-state index in [1.807, 2.05) is 0 Å². The molecule has 5 heteroatoms. The molecule has 2 atom stereocenters. The zero-order valence-corrected chi connectivity index (χ0v) is 10.9. The molecule has 0 aromatic heterocycles. The number of rotatable bonds is 3. The smallest absolute Gasteiger partial charge is 0.331 e. The molecule has 1 aliphatic carbocycles. The summed E-state index contributed by atoms with van der Waals surface area (Å²) < 4.78 is 0. The molecule has 18 heavy (non-hydrogen) atoms. The minimum Gasteiger partial charge on any atom is -0.478 e. The van der Waals surface area contributed by atoms with Crippen molar-refractivity contribution in [1.82, 2.24) is 5.32 Å². The molecule has 0 heterocycles. The Labute approximate surface area is 107 Å². The first kappa shape index (κ1) is 14.7. The number of aliphatic carboxylic acids is 1. The highest BCUT2D eigenvalue weighted by molar-refractivity contribution is 6.01. The lowest BCUT2D eigenvalue weighted by atomic mass is 10.0. The molecule has 0 saturated heterocycles. The van der Waals surface area contributed by atoms with Crippen LogP contribution in [0.3, 0.4) is 0 Å². The molecule has 0 radical (unpaired) electrons. The second-order valence-corrected chi connectivity index (χ2v) is 4.84. The Morgan fingerprint density at radius 3 is 2.28 bits per heavy atom. The highest BCUT2D eigenvalue weighted by atomic mass is 16.4. The number of aliphatic hydroxyl groups excluding tert-OH is 1. The fourth-order valence-corrected chi connectivity index (χ4v) is 2.06. The van der Waals surface area contributed by atoms with Crippen LogP contribution in [0.4, 0.5) is 0 Å². The van der Waals surface area contributed by atoms with Gasteiger partial charge in [0, 0.05) is 11.1 Å². The van der Waals surface area contributed by atoms with Gasteiger partial charge in [-0.15, -0.1) is 0 Å². The zero-order chi connectivity index (χ0) is 13.7. The van der Waals surface area contributed by atoms with Crippen molar-refractivity contribution >= 4 is 11.9 Å². The quantitative estimate of drug-likeness (QED) is 0.522. The molecule has 3 N–H and O–H groups in total. The van der Waals surface area contributed by atoms with Gasteiger partial charge in [0.2, 0.25) is 5.91 Å². The molecule has 0 spiro atoms. The van der Waals surface area contributed by atoms with Gasteiger partial charge in [-0.3, -0.25) is 4.79 Å². The molecule has 2 unspecified atom stereocenters. The van der Waals surface area contributed by atoms with Gasteiger partial charge in [0.1, 0.15) is 0 Å². The van der Waals surface area contributed by atoms with Crippen LogP contribution in [0.2, 0.25) is 0 Å². The first-order valence-corrected chi connectivity index (χ1v) is 6.33. The molecule has 5 nitrogen and oxygen atoms in total. The summed E-state index contributed by atoms with van der Waals surface area (Å²) in [6.45, 7) is 2.89. The highest BCUT2D eigenvalue weighted by Crippen LogP contribution is 2.18. The molecule has 0 aliphatic heterocycles. The number of aliphatic hydroxyl groups is 1. The van der Waals surface area contributed by atoms with E-state index in [4.69, 9.17) is 5.11 Å². The largest absolute Gasteiger partial charge is 0.478 e. The molecule has 0 bridgehead atoms. The van der Waals surface area contributed by atoms with Crippen LogP contribution < -0.4 is 5.32 Å². The maximum Gasteiger partial charge on any atom is 0.331 e. The molecule has 0 aromatic carbocycles. The standard InChI is InChI=1S/C13H21NO4/c1-8(9(2)13(17)18)12(16)14-10-6-4-3-5-7-11(10)15/h10-11,15H,3-7H2,1-2H3,(H,14,16)(H,17,18). The van der Waals surface area contributed by atoms with Gasteiger partial charge in [-0.05, 0) is 26.7 Å². The average molecular weight is 255 g/mol. The summed E-state index contributed by atoms with van der Waals surface area (Å²) in [5, 5.41) is 21.4. The van der Waals surface area contributed by atoms with Crippen molar-refractivity contribution in [1.29, 1.82) is 0 Å². The molecule has 1 rings (SSSR count). The Bertz CT molecular complexity index is 362. The van der Waals surface area contributed by atoms with Gasteiger partial charge in [-0.1, -0.05) is 19.3 Å². The monoisotopic (exact) mass is 255 g/mol. The van der Waals surface area contributed by atoms with Crippen LogP contribution in [-0.4, -0.2) is 34.2 Å². The van der Waals surface area contributed by atoms with E-state index in [9.17, 15) is 14.7 Å². The van der Waals surface area contributed by atoms with Crippen molar-refractivity contribution in [3.05, 3.63) is 11.1 Å². The van der Waals surface area contributed by atoms with Crippen LogP contribution >= 0.6 is 0 Å². The number of hydrogen-bond acceptors (Lipinski definition) is 3. The van der Waals surface area contributed by atoms with E-state index in [0.29, 0.717) is 6.42 Å². The third kappa shape index (κ3) is 3.84. The fraction of sp³-hybridized carbons (Fsp3) is 0.692. The number of hydrogen-bond donors (Lipinski definition) is 3. The average Bonchev–Trinajstić information content (AvgIpc) is 2.53. The number of carbonyl (C=O) groups is 2. The first-order valence-electron chi connectivity index (χ1n) is 6.33. The summed E-state index contributed by atoms with van der Waals surface area (Å²) in [5.41, 5.74) is 0.231. The van der Waals surface area contributed by atoms with Crippen LogP contribution in [0.1, 0.15) is 46.0 Å². The zero-order valence-electron chi connectivity index (χ0n) is 10.9. The van der Waals surface area contributed by atoms with Crippen molar-refractivity contribution in [2.45, 2.75) is 58.1 Å². The second kappa shape index (κ2) is 6.54. The van der Waals surface area contributed by atoms with Crippen LogP contribution in [0.25, 0.3) is 0 Å². The van der Waals surface area contributed by atoms with Gasteiger partial charge in [0.25, 0.3) is 0 Å². The fourth-order valence-electron chi connectivity index (χ4n) is 2.06. The van der Waals surface area contributed by atoms with E-state index >= 15 is 0 Å². The van der Waals surface area contributed by atoms with Crippen molar-refractivity contribution in [2.24, 2.45) is 0 Å². The molecule has 1 saturated carbocycles. The summed E-state index contributed by atoms with van der Waals surface area (Å²) in [7, 11) is 0. The third-order valence-electron chi connectivity index (χ3n) is 3.52. The lowest BCUT2D eigenvalue weighted by Gasteiger charge is -2.22.